The van der Waals surface area contributed by atoms with Crippen molar-refractivity contribution in [3.63, 3.8) is 0 Å². The predicted molar refractivity (Wildman–Crippen MR) is 88.2 cm³/mol. The number of methoxy groups -OCH3 is 1. The van der Waals surface area contributed by atoms with Crippen LogP contribution < -0.4 is 14.8 Å². The van der Waals surface area contributed by atoms with Crippen molar-refractivity contribution >= 4 is 17.7 Å². The van der Waals surface area contributed by atoms with Crippen LogP contribution >= 0.6 is 0 Å². The third kappa shape index (κ3) is 5.21. The third-order valence-corrected chi connectivity index (χ3v) is 2.95. The minimum atomic E-state index is -0.233. The summed E-state index contributed by atoms with van der Waals surface area (Å²) in [7, 11) is 1.57. The number of benzene rings is 2. The first-order valence-electron chi connectivity index (χ1n) is 6.94. The molecular weight excluding hydrogens is 292 g/mol. The van der Waals surface area contributed by atoms with Crippen LogP contribution in [0.25, 0.3) is 6.08 Å². The summed E-state index contributed by atoms with van der Waals surface area (Å²) in [5.74, 6) is 1.06. The monoisotopic (exact) mass is 308 g/mol. The first kappa shape index (κ1) is 16.1. The second-order valence-electron chi connectivity index (χ2n) is 4.57. The predicted octanol–water partition coefficient (Wildman–Crippen LogP) is 3.25. The molecule has 1 N–H and O–H groups in total. The molecule has 5 nitrogen and oxygen atoms in total. The summed E-state index contributed by atoms with van der Waals surface area (Å²) >= 11 is 0. The van der Waals surface area contributed by atoms with Crippen LogP contribution in [-0.2, 0) is 4.79 Å². The summed E-state index contributed by atoms with van der Waals surface area (Å²) in [6, 6.07) is 16.2. The molecule has 0 unspecified atom stereocenters. The van der Waals surface area contributed by atoms with Gasteiger partial charge in [-0.3, -0.25) is 4.79 Å². The average Bonchev–Trinajstić information content (AvgIpc) is 2.59. The Bertz CT molecular complexity index is 731. The van der Waals surface area contributed by atoms with E-state index in [1.165, 1.54) is 6.08 Å². The quantitative estimate of drug-likeness (QED) is 0.832. The van der Waals surface area contributed by atoms with Gasteiger partial charge in [-0.25, -0.2) is 0 Å². The van der Waals surface area contributed by atoms with Crippen molar-refractivity contribution in [2.75, 3.05) is 19.0 Å². The molecule has 1 amide bonds. The molecule has 2 rings (SSSR count). The van der Waals surface area contributed by atoms with E-state index >= 15 is 0 Å². The van der Waals surface area contributed by atoms with E-state index in [0.29, 0.717) is 17.2 Å². The average molecular weight is 308 g/mol. The van der Waals surface area contributed by atoms with Gasteiger partial charge in [-0.15, -0.1) is 0 Å². The van der Waals surface area contributed by atoms with Gasteiger partial charge < -0.3 is 14.8 Å². The highest BCUT2D eigenvalue weighted by molar-refractivity contribution is 6.02. The summed E-state index contributed by atoms with van der Waals surface area (Å²) in [5.41, 5.74) is 1.52. The van der Waals surface area contributed by atoms with E-state index in [0.717, 1.165) is 5.56 Å². The van der Waals surface area contributed by atoms with Crippen LogP contribution in [0.15, 0.2) is 54.6 Å². The third-order valence-electron chi connectivity index (χ3n) is 2.95. The Hall–Kier alpha value is -3.26. The Morgan fingerprint density at radius 2 is 2.00 bits per heavy atom. The number of hydrogen-bond donors (Lipinski definition) is 1. The molecule has 0 radical (unpaired) electrons. The zero-order chi connectivity index (χ0) is 16.5. The smallest absolute Gasteiger partial charge is 0.248 e. The number of ether oxygens (including phenoxy) is 2. The maximum absolute atomic E-state index is 11.9. The molecule has 0 spiro atoms. The molecule has 0 atom stereocenters. The number of nitrogens with one attached hydrogen (secondary N) is 1. The second kappa shape index (κ2) is 8.25. The molecule has 0 aliphatic heterocycles. The lowest BCUT2D eigenvalue weighted by atomic mass is 10.2. The molecule has 116 valence electrons. The normalized spacial score (nSPS) is 10.1. The van der Waals surface area contributed by atoms with Crippen molar-refractivity contribution in [3.05, 3.63) is 60.2 Å². The SMILES string of the molecule is COc1cccc(NC(=O)/C=C/c2ccc(OCC#N)cc2)c1. The number of amides is 1. The zero-order valence-corrected chi connectivity index (χ0v) is 12.7. The Morgan fingerprint density at radius 3 is 2.70 bits per heavy atom. The molecule has 0 aliphatic carbocycles. The molecule has 0 aromatic heterocycles. The number of nitrogens with zero attached hydrogens (tertiary/aromatic N) is 1. The van der Waals surface area contributed by atoms with Crippen molar-refractivity contribution in [2.24, 2.45) is 0 Å². The number of nitriles is 1. The highest BCUT2D eigenvalue weighted by Gasteiger charge is 2.00. The van der Waals surface area contributed by atoms with Crippen molar-refractivity contribution < 1.29 is 14.3 Å². The van der Waals surface area contributed by atoms with E-state index in [9.17, 15) is 4.79 Å². The van der Waals surface area contributed by atoms with Gasteiger partial charge in [0.05, 0.1) is 7.11 Å². The van der Waals surface area contributed by atoms with Crippen LogP contribution in [-0.4, -0.2) is 19.6 Å². The Kier molecular flexibility index (Phi) is 5.78. The number of hydrogen-bond acceptors (Lipinski definition) is 4. The first-order valence-corrected chi connectivity index (χ1v) is 6.94. The Morgan fingerprint density at radius 1 is 1.22 bits per heavy atom. The maximum atomic E-state index is 11.9. The highest BCUT2D eigenvalue weighted by Crippen LogP contribution is 2.17. The van der Waals surface area contributed by atoms with Crippen LogP contribution in [0.4, 0.5) is 5.69 Å². The lowest BCUT2D eigenvalue weighted by molar-refractivity contribution is -0.111. The summed E-state index contributed by atoms with van der Waals surface area (Å²) in [6.45, 7) is 0.0120. The van der Waals surface area contributed by atoms with Crippen LogP contribution in [0.2, 0.25) is 0 Å². The number of anilines is 1. The Labute approximate surface area is 134 Å². The summed E-state index contributed by atoms with van der Waals surface area (Å²) in [6.07, 6.45) is 3.15. The lowest BCUT2D eigenvalue weighted by Crippen LogP contribution is -2.07. The minimum Gasteiger partial charge on any atom is -0.497 e. The van der Waals surface area contributed by atoms with E-state index in [1.807, 2.05) is 18.2 Å². The van der Waals surface area contributed by atoms with Crippen LogP contribution in [0.1, 0.15) is 5.56 Å². The summed E-state index contributed by atoms with van der Waals surface area (Å²) in [5, 5.41) is 11.2. The van der Waals surface area contributed by atoms with E-state index in [1.54, 1.807) is 49.6 Å². The van der Waals surface area contributed by atoms with Crippen LogP contribution in [0.5, 0.6) is 11.5 Å². The topological polar surface area (TPSA) is 71.3 Å². The molecule has 0 heterocycles. The number of carbonyl (C=O) groups is 1. The van der Waals surface area contributed by atoms with E-state index in [2.05, 4.69) is 5.32 Å². The largest absolute Gasteiger partial charge is 0.497 e. The van der Waals surface area contributed by atoms with E-state index in [4.69, 9.17) is 14.7 Å². The highest BCUT2D eigenvalue weighted by atomic mass is 16.5. The fraction of sp³-hybridized carbons (Fsp3) is 0.111. The van der Waals surface area contributed by atoms with Crippen LogP contribution in [0, 0.1) is 11.3 Å². The lowest BCUT2D eigenvalue weighted by Gasteiger charge is -2.04. The van der Waals surface area contributed by atoms with Crippen molar-refractivity contribution in [2.45, 2.75) is 0 Å². The van der Waals surface area contributed by atoms with Crippen molar-refractivity contribution in [3.8, 4) is 17.6 Å². The molecule has 5 heteroatoms. The fourth-order valence-corrected chi connectivity index (χ4v) is 1.85. The molecular formula is C18H16N2O3. The van der Waals surface area contributed by atoms with Gasteiger partial charge in [-0.1, -0.05) is 18.2 Å². The zero-order valence-electron chi connectivity index (χ0n) is 12.7. The van der Waals surface area contributed by atoms with Gasteiger partial charge in [0.25, 0.3) is 0 Å². The van der Waals surface area contributed by atoms with Gasteiger partial charge in [-0.2, -0.15) is 5.26 Å². The van der Waals surface area contributed by atoms with Gasteiger partial charge >= 0.3 is 0 Å². The summed E-state index contributed by atoms with van der Waals surface area (Å²) < 4.78 is 10.3. The standard InChI is InChI=1S/C18H16N2O3/c1-22-17-4-2-3-15(13-17)20-18(21)10-7-14-5-8-16(9-6-14)23-12-11-19/h2-10,13H,12H2,1H3,(H,20,21)/b10-7+. The van der Waals surface area contributed by atoms with Gasteiger partial charge in [-0.05, 0) is 35.9 Å². The molecule has 0 aliphatic rings. The van der Waals surface area contributed by atoms with Crippen LogP contribution in [0.3, 0.4) is 0 Å². The molecule has 0 saturated heterocycles. The number of carbonyl (C=O) groups excluding carboxylic acids is 1. The van der Waals surface area contributed by atoms with E-state index in [-0.39, 0.29) is 12.5 Å². The Balaban J connectivity index is 1.93. The van der Waals surface area contributed by atoms with Crippen molar-refractivity contribution in [1.29, 1.82) is 5.26 Å². The molecule has 2 aromatic rings. The molecule has 0 fully saturated rings. The second-order valence-corrected chi connectivity index (χ2v) is 4.57. The molecule has 0 bridgehead atoms. The van der Waals surface area contributed by atoms with E-state index < -0.39 is 0 Å². The minimum absolute atomic E-state index is 0.0120. The first-order chi connectivity index (χ1) is 11.2. The molecule has 2 aromatic carbocycles. The van der Waals surface area contributed by atoms with Gasteiger partial charge in [0.15, 0.2) is 6.61 Å². The summed E-state index contributed by atoms with van der Waals surface area (Å²) in [4.78, 5) is 11.9. The molecule has 23 heavy (non-hydrogen) atoms. The number of rotatable bonds is 6. The van der Waals surface area contributed by atoms with Gasteiger partial charge in [0, 0.05) is 17.8 Å². The van der Waals surface area contributed by atoms with Gasteiger partial charge in [0.1, 0.15) is 17.6 Å². The maximum Gasteiger partial charge on any atom is 0.248 e. The van der Waals surface area contributed by atoms with Crippen molar-refractivity contribution in [1.82, 2.24) is 0 Å². The van der Waals surface area contributed by atoms with Gasteiger partial charge in [0.2, 0.25) is 5.91 Å². The fourth-order valence-electron chi connectivity index (χ4n) is 1.85. The molecule has 0 saturated carbocycles.